The zero-order valence-corrected chi connectivity index (χ0v) is 11.5. The number of rotatable bonds is 2. The molecule has 0 saturated carbocycles. The second kappa shape index (κ2) is 4.87. The Balaban J connectivity index is 1.88. The minimum atomic E-state index is -0.888. The zero-order valence-electron chi connectivity index (χ0n) is 11.5. The number of nitrogens with zero attached hydrogens (tertiary/aromatic N) is 1. The van der Waals surface area contributed by atoms with Crippen molar-refractivity contribution in [1.82, 2.24) is 9.88 Å². The number of hydrogen-bond donors (Lipinski definition) is 2. The van der Waals surface area contributed by atoms with Gasteiger partial charge in [-0.15, -0.1) is 0 Å². The molecule has 0 unspecified atom stereocenters. The van der Waals surface area contributed by atoms with E-state index in [1.807, 2.05) is 6.92 Å². The number of fused-ring (bicyclic) bond motifs is 1. The van der Waals surface area contributed by atoms with E-state index >= 15 is 0 Å². The molecule has 1 aromatic carbocycles. The van der Waals surface area contributed by atoms with Crippen molar-refractivity contribution >= 4 is 22.8 Å². The van der Waals surface area contributed by atoms with Crippen molar-refractivity contribution in [3.63, 3.8) is 0 Å². The van der Waals surface area contributed by atoms with Crippen LogP contribution >= 0.6 is 0 Å². The summed E-state index contributed by atoms with van der Waals surface area (Å²) in [5, 5.41) is 9.47. The quantitative estimate of drug-likeness (QED) is 0.889. The molecule has 0 bridgehead atoms. The van der Waals surface area contributed by atoms with Crippen molar-refractivity contribution in [2.24, 2.45) is 11.8 Å². The summed E-state index contributed by atoms with van der Waals surface area (Å²) in [5.74, 6) is -2.20. The van der Waals surface area contributed by atoms with Gasteiger partial charge in [0.25, 0.3) is 5.91 Å². The third kappa shape index (κ3) is 2.26. The Hall–Kier alpha value is -2.37. The van der Waals surface area contributed by atoms with Crippen molar-refractivity contribution in [1.29, 1.82) is 0 Å². The van der Waals surface area contributed by atoms with E-state index in [1.165, 1.54) is 17.0 Å². The summed E-state index contributed by atoms with van der Waals surface area (Å²) in [4.78, 5) is 27.9. The maximum atomic E-state index is 13.6. The van der Waals surface area contributed by atoms with E-state index in [4.69, 9.17) is 5.11 Å². The molecule has 2 atom stereocenters. The van der Waals surface area contributed by atoms with Crippen LogP contribution in [0.1, 0.15) is 17.4 Å². The van der Waals surface area contributed by atoms with Gasteiger partial charge in [-0.3, -0.25) is 9.59 Å². The first-order chi connectivity index (χ1) is 9.97. The molecule has 2 aromatic rings. The number of H-pyrrole nitrogens is 1. The van der Waals surface area contributed by atoms with E-state index in [0.717, 1.165) is 0 Å². The second-order valence-electron chi connectivity index (χ2n) is 5.52. The van der Waals surface area contributed by atoms with Gasteiger partial charge in [-0.2, -0.15) is 0 Å². The first-order valence-electron chi connectivity index (χ1n) is 6.76. The molecule has 2 heterocycles. The van der Waals surface area contributed by atoms with E-state index in [0.29, 0.717) is 17.4 Å². The monoisotopic (exact) mass is 290 g/mol. The Bertz CT molecular complexity index is 725. The van der Waals surface area contributed by atoms with Crippen molar-refractivity contribution in [3.05, 3.63) is 35.8 Å². The number of hydrogen-bond acceptors (Lipinski definition) is 2. The maximum Gasteiger partial charge on any atom is 0.308 e. The number of aromatic nitrogens is 1. The largest absolute Gasteiger partial charge is 0.481 e. The van der Waals surface area contributed by atoms with Crippen molar-refractivity contribution in [2.45, 2.75) is 6.92 Å². The summed E-state index contributed by atoms with van der Waals surface area (Å²) in [5.41, 5.74) is 0.841. The highest BCUT2D eigenvalue weighted by molar-refractivity contribution is 5.98. The lowest BCUT2D eigenvalue weighted by Gasteiger charge is -2.14. The standard InChI is InChI=1S/C15H15FN2O3/c1-8-6-18(7-10(8)15(20)21)14(19)13-5-9-11(16)3-2-4-12(9)17-13/h2-5,8,10,17H,6-7H2,1H3,(H,20,21)/t8-,10-/m1/s1. The Morgan fingerprint density at radius 3 is 2.76 bits per heavy atom. The van der Waals surface area contributed by atoms with Gasteiger partial charge >= 0.3 is 5.97 Å². The number of aromatic amines is 1. The van der Waals surface area contributed by atoms with Gasteiger partial charge in [0.15, 0.2) is 0 Å². The Morgan fingerprint density at radius 1 is 1.38 bits per heavy atom. The van der Waals surface area contributed by atoms with Crippen LogP contribution in [0.25, 0.3) is 10.9 Å². The molecule has 1 aliphatic rings. The number of aliphatic carboxylic acids is 1. The number of nitrogens with one attached hydrogen (secondary N) is 1. The summed E-state index contributed by atoms with van der Waals surface area (Å²) >= 11 is 0. The first kappa shape index (κ1) is 13.6. The molecule has 6 heteroatoms. The number of carbonyl (C=O) groups excluding carboxylic acids is 1. The molecule has 2 N–H and O–H groups in total. The number of halogens is 1. The fourth-order valence-corrected chi connectivity index (χ4v) is 2.86. The van der Waals surface area contributed by atoms with E-state index in [-0.39, 0.29) is 29.9 Å². The van der Waals surface area contributed by atoms with Gasteiger partial charge in [-0.1, -0.05) is 13.0 Å². The van der Waals surface area contributed by atoms with Gasteiger partial charge in [-0.05, 0) is 24.1 Å². The van der Waals surface area contributed by atoms with E-state index in [1.54, 1.807) is 12.1 Å². The molecule has 1 aromatic heterocycles. The average molecular weight is 290 g/mol. The van der Waals surface area contributed by atoms with Gasteiger partial charge < -0.3 is 15.0 Å². The van der Waals surface area contributed by atoms with Crippen LogP contribution in [0, 0.1) is 17.7 Å². The minimum Gasteiger partial charge on any atom is -0.481 e. The van der Waals surface area contributed by atoms with Crippen molar-refractivity contribution < 1.29 is 19.1 Å². The predicted molar refractivity (Wildman–Crippen MR) is 74.5 cm³/mol. The molecular formula is C15H15FN2O3. The highest BCUT2D eigenvalue weighted by Crippen LogP contribution is 2.26. The van der Waals surface area contributed by atoms with E-state index in [2.05, 4.69) is 4.98 Å². The molecule has 0 aliphatic carbocycles. The highest BCUT2D eigenvalue weighted by Gasteiger charge is 2.37. The smallest absolute Gasteiger partial charge is 0.308 e. The second-order valence-corrected chi connectivity index (χ2v) is 5.52. The number of carboxylic acid groups (broad SMARTS) is 1. The molecule has 0 radical (unpaired) electrons. The lowest BCUT2D eigenvalue weighted by molar-refractivity contribution is -0.142. The van der Waals surface area contributed by atoms with Gasteiger partial charge in [0.1, 0.15) is 11.5 Å². The highest BCUT2D eigenvalue weighted by atomic mass is 19.1. The topological polar surface area (TPSA) is 73.4 Å². The lowest BCUT2D eigenvalue weighted by atomic mass is 9.99. The molecule has 1 fully saturated rings. The number of likely N-dealkylation sites (tertiary alicyclic amines) is 1. The van der Waals surface area contributed by atoms with Gasteiger partial charge in [0.2, 0.25) is 0 Å². The molecule has 110 valence electrons. The Kier molecular flexibility index (Phi) is 3.16. The Morgan fingerprint density at radius 2 is 2.14 bits per heavy atom. The predicted octanol–water partition coefficient (Wildman–Crippen LogP) is 2.10. The van der Waals surface area contributed by atoms with Crippen LogP contribution in [0.2, 0.25) is 0 Å². The molecule has 0 spiro atoms. The van der Waals surface area contributed by atoms with Gasteiger partial charge in [0, 0.05) is 24.0 Å². The molecule has 21 heavy (non-hydrogen) atoms. The van der Waals surface area contributed by atoms with Crippen LogP contribution in [0.15, 0.2) is 24.3 Å². The number of carbonyl (C=O) groups is 2. The minimum absolute atomic E-state index is 0.0902. The summed E-state index contributed by atoms with van der Waals surface area (Å²) in [6.07, 6.45) is 0. The normalized spacial score (nSPS) is 21.9. The SMILES string of the molecule is C[C@@H]1CN(C(=O)c2cc3c(F)cccc3[nH]2)C[C@H]1C(=O)O. The first-order valence-corrected chi connectivity index (χ1v) is 6.76. The maximum absolute atomic E-state index is 13.6. The summed E-state index contributed by atoms with van der Waals surface area (Å²) in [6, 6.07) is 6.08. The van der Waals surface area contributed by atoms with Crippen LogP contribution in [-0.2, 0) is 4.79 Å². The fraction of sp³-hybridized carbons (Fsp3) is 0.333. The van der Waals surface area contributed by atoms with Crippen LogP contribution in [0.5, 0.6) is 0 Å². The summed E-state index contributed by atoms with van der Waals surface area (Å²) in [6.45, 7) is 2.40. The zero-order chi connectivity index (χ0) is 15.1. The third-order valence-electron chi connectivity index (χ3n) is 4.06. The molecular weight excluding hydrogens is 275 g/mol. The fourth-order valence-electron chi connectivity index (χ4n) is 2.86. The van der Waals surface area contributed by atoms with Crippen LogP contribution in [-0.4, -0.2) is 40.0 Å². The van der Waals surface area contributed by atoms with Crippen molar-refractivity contribution in [3.8, 4) is 0 Å². The van der Waals surface area contributed by atoms with E-state index < -0.39 is 11.9 Å². The molecule has 3 rings (SSSR count). The number of benzene rings is 1. The van der Waals surface area contributed by atoms with Gasteiger partial charge in [0.05, 0.1) is 5.92 Å². The third-order valence-corrected chi connectivity index (χ3v) is 4.06. The van der Waals surface area contributed by atoms with E-state index in [9.17, 15) is 14.0 Å². The van der Waals surface area contributed by atoms with Crippen LogP contribution in [0.3, 0.4) is 0 Å². The number of amides is 1. The van der Waals surface area contributed by atoms with Crippen LogP contribution < -0.4 is 0 Å². The molecule has 1 aliphatic heterocycles. The molecule has 1 amide bonds. The summed E-state index contributed by atoms with van der Waals surface area (Å²) < 4.78 is 13.6. The Labute approximate surface area is 120 Å². The lowest BCUT2D eigenvalue weighted by Crippen LogP contribution is -2.30. The van der Waals surface area contributed by atoms with Gasteiger partial charge in [-0.25, -0.2) is 4.39 Å². The molecule has 5 nitrogen and oxygen atoms in total. The van der Waals surface area contributed by atoms with Crippen LogP contribution in [0.4, 0.5) is 4.39 Å². The van der Waals surface area contributed by atoms with Crippen molar-refractivity contribution in [2.75, 3.05) is 13.1 Å². The average Bonchev–Trinajstić information content (AvgIpc) is 3.02. The summed E-state index contributed by atoms with van der Waals surface area (Å²) in [7, 11) is 0. The molecule has 1 saturated heterocycles. The number of carboxylic acids is 1.